The molecule has 2 aliphatic rings. The Morgan fingerprint density at radius 3 is 2.80 bits per heavy atom. The van der Waals surface area contributed by atoms with E-state index in [-0.39, 0.29) is 11.7 Å². The maximum Gasteiger partial charge on any atom is 0.227 e. The predicted molar refractivity (Wildman–Crippen MR) is 96.1 cm³/mol. The van der Waals surface area contributed by atoms with Crippen LogP contribution in [0, 0.1) is 12.7 Å². The van der Waals surface area contributed by atoms with Crippen molar-refractivity contribution < 1.29 is 13.9 Å². The maximum atomic E-state index is 13.4. The van der Waals surface area contributed by atoms with Crippen LogP contribution in [0.1, 0.15) is 36.8 Å². The Morgan fingerprint density at radius 2 is 2.04 bits per heavy atom. The largest absolute Gasteiger partial charge is 0.379 e. The first-order chi connectivity index (χ1) is 12.1. The van der Waals surface area contributed by atoms with E-state index in [1.54, 1.807) is 19.1 Å². The van der Waals surface area contributed by atoms with E-state index < -0.39 is 0 Å². The molecule has 0 spiro atoms. The fourth-order valence-electron chi connectivity index (χ4n) is 3.88. The van der Waals surface area contributed by atoms with Crippen LogP contribution < -0.4 is 0 Å². The Balaban J connectivity index is 1.57. The first-order valence-corrected chi connectivity index (χ1v) is 9.48. The second kappa shape index (κ2) is 8.77. The quantitative estimate of drug-likeness (QED) is 0.820. The number of hydrogen-bond acceptors (Lipinski definition) is 3. The molecular formula is C20H29FN2O2. The number of halogens is 1. The number of amides is 1. The van der Waals surface area contributed by atoms with Gasteiger partial charge in [-0.3, -0.25) is 9.69 Å². The molecule has 0 aromatic heterocycles. The number of benzene rings is 1. The van der Waals surface area contributed by atoms with Gasteiger partial charge in [0.2, 0.25) is 5.91 Å². The van der Waals surface area contributed by atoms with Gasteiger partial charge in [-0.05, 0) is 49.8 Å². The highest BCUT2D eigenvalue weighted by molar-refractivity contribution is 5.79. The predicted octanol–water partition coefficient (Wildman–Crippen LogP) is 2.78. The maximum absolute atomic E-state index is 13.4. The fraction of sp³-hybridized carbons (Fsp3) is 0.650. The number of aryl methyl sites for hydroxylation is 1. The number of hydrogen-bond donors (Lipinski definition) is 0. The summed E-state index contributed by atoms with van der Waals surface area (Å²) in [4.78, 5) is 17.3. The zero-order valence-electron chi connectivity index (χ0n) is 15.2. The second-order valence-electron chi connectivity index (χ2n) is 7.24. The van der Waals surface area contributed by atoms with Crippen LogP contribution in [0.25, 0.3) is 0 Å². The molecule has 0 unspecified atom stereocenters. The van der Waals surface area contributed by atoms with Crippen LogP contribution in [-0.4, -0.2) is 61.1 Å². The van der Waals surface area contributed by atoms with Crippen LogP contribution in [0.4, 0.5) is 4.39 Å². The number of likely N-dealkylation sites (tertiary alicyclic amines) is 1. The summed E-state index contributed by atoms with van der Waals surface area (Å²) in [7, 11) is 0. The minimum atomic E-state index is -0.211. The van der Waals surface area contributed by atoms with Crippen molar-refractivity contribution in [2.24, 2.45) is 0 Å². The summed E-state index contributed by atoms with van der Waals surface area (Å²) in [6, 6.07) is 5.32. The van der Waals surface area contributed by atoms with E-state index in [0.717, 1.165) is 64.2 Å². The van der Waals surface area contributed by atoms with E-state index in [4.69, 9.17) is 4.74 Å². The second-order valence-corrected chi connectivity index (χ2v) is 7.24. The third-order valence-corrected chi connectivity index (χ3v) is 5.41. The van der Waals surface area contributed by atoms with Crippen molar-refractivity contribution >= 4 is 5.91 Å². The van der Waals surface area contributed by atoms with E-state index in [1.807, 2.05) is 0 Å². The van der Waals surface area contributed by atoms with Gasteiger partial charge in [0, 0.05) is 32.2 Å². The molecule has 5 heteroatoms. The Bertz CT molecular complexity index is 587. The van der Waals surface area contributed by atoms with Crippen molar-refractivity contribution in [3.63, 3.8) is 0 Å². The normalized spacial score (nSPS) is 22.2. The number of carbonyl (C=O) groups excluding carboxylic acids is 1. The zero-order chi connectivity index (χ0) is 17.6. The van der Waals surface area contributed by atoms with E-state index >= 15 is 0 Å². The molecule has 138 valence electrons. The van der Waals surface area contributed by atoms with E-state index in [2.05, 4.69) is 9.80 Å². The molecule has 0 aliphatic carbocycles. The average molecular weight is 348 g/mol. The lowest BCUT2D eigenvalue weighted by Gasteiger charge is -2.37. The highest BCUT2D eigenvalue weighted by atomic mass is 19.1. The Morgan fingerprint density at radius 1 is 1.24 bits per heavy atom. The van der Waals surface area contributed by atoms with Gasteiger partial charge in [-0.25, -0.2) is 4.39 Å². The van der Waals surface area contributed by atoms with Crippen molar-refractivity contribution in [3.8, 4) is 0 Å². The molecule has 0 saturated carbocycles. The number of morpholine rings is 1. The Labute approximate surface area is 149 Å². The SMILES string of the molecule is Cc1cc(CC(=O)N2CCCC[C@H]2CCN2CCOCC2)ccc1F. The molecule has 1 aromatic rings. The van der Waals surface area contributed by atoms with Gasteiger partial charge in [0.05, 0.1) is 19.6 Å². The third kappa shape index (κ3) is 5.02. The molecule has 2 fully saturated rings. The summed E-state index contributed by atoms with van der Waals surface area (Å²) in [5, 5.41) is 0. The van der Waals surface area contributed by atoms with Crippen LogP contribution in [0.15, 0.2) is 18.2 Å². The van der Waals surface area contributed by atoms with Crippen molar-refractivity contribution in [3.05, 3.63) is 35.1 Å². The summed E-state index contributed by atoms with van der Waals surface area (Å²) in [5.41, 5.74) is 1.51. The molecule has 0 N–H and O–H groups in total. The summed E-state index contributed by atoms with van der Waals surface area (Å²) >= 11 is 0. The third-order valence-electron chi connectivity index (χ3n) is 5.41. The van der Waals surface area contributed by atoms with Crippen molar-refractivity contribution in [2.45, 2.75) is 45.1 Å². The monoisotopic (exact) mass is 348 g/mol. The summed E-state index contributed by atoms with van der Waals surface area (Å²) in [5.74, 6) is -0.0322. The van der Waals surface area contributed by atoms with Gasteiger partial charge in [0.1, 0.15) is 5.82 Å². The minimum absolute atomic E-state index is 0.178. The molecular weight excluding hydrogens is 319 g/mol. The molecule has 0 radical (unpaired) electrons. The van der Waals surface area contributed by atoms with Crippen LogP contribution in [0.3, 0.4) is 0 Å². The van der Waals surface area contributed by atoms with Gasteiger partial charge in [-0.2, -0.15) is 0 Å². The number of rotatable bonds is 5. The van der Waals surface area contributed by atoms with Gasteiger partial charge >= 0.3 is 0 Å². The summed E-state index contributed by atoms with van der Waals surface area (Å²) in [6.07, 6.45) is 4.79. The lowest BCUT2D eigenvalue weighted by Crippen LogP contribution is -2.46. The number of piperidine rings is 1. The van der Waals surface area contributed by atoms with Crippen LogP contribution >= 0.6 is 0 Å². The van der Waals surface area contributed by atoms with E-state index in [9.17, 15) is 9.18 Å². The average Bonchev–Trinajstić information content (AvgIpc) is 2.64. The number of carbonyl (C=O) groups is 1. The lowest BCUT2D eigenvalue weighted by atomic mass is 9.97. The minimum Gasteiger partial charge on any atom is -0.379 e. The van der Waals surface area contributed by atoms with Crippen LogP contribution in [-0.2, 0) is 16.0 Å². The highest BCUT2D eigenvalue weighted by Crippen LogP contribution is 2.22. The summed E-state index contributed by atoms with van der Waals surface area (Å²) in [6.45, 7) is 7.26. The Hall–Kier alpha value is -1.46. The highest BCUT2D eigenvalue weighted by Gasteiger charge is 2.27. The molecule has 2 saturated heterocycles. The first-order valence-electron chi connectivity index (χ1n) is 9.48. The van der Waals surface area contributed by atoms with Gasteiger partial charge in [-0.1, -0.05) is 12.1 Å². The molecule has 3 rings (SSSR count). The van der Waals surface area contributed by atoms with E-state index in [0.29, 0.717) is 18.0 Å². The molecule has 1 atom stereocenters. The van der Waals surface area contributed by atoms with Crippen molar-refractivity contribution in [2.75, 3.05) is 39.4 Å². The van der Waals surface area contributed by atoms with Gasteiger partial charge < -0.3 is 9.64 Å². The topological polar surface area (TPSA) is 32.8 Å². The molecule has 0 bridgehead atoms. The molecule has 1 aromatic carbocycles. The van der Waals surface area contributed by atoms with Gasteiger partial charge in [0.25, 0.3) is 0 Å². The molecule has 25 heavy (non-hydrogen) atoms. The van der Waals surface area contributed by atoms with E-state index in [1.165, 1.54) is 12.5 Å². The fourth-order valence-corrected chi connectivity index (χ4v) is 3.88. The molecule has 4 nitrogen and oxygen atoms in total. The lowest BCUT2D eigenvalue weighted by molar-refractivity contribution is -0.134. The molecule has 1 amide bonds. The standard InChI is InChI=1S/C20H29FN2O2/c1-16-14-17(5-6-19(16)21)15-20(24)23-8-3-2-4-18(23)7-9-22-10-12-25-13-11-22/h5-6,14,18H,2-4,7-13,15H2,1H3/t18-/m0/s1. The van der Waals surface area contributed by atoms with Gasteiger partial charge in [0.15, 0.2) is 0 Å². The molecule has 2 aliphatic heterocycles. The van der Waals surface area contributed by atoms with Crippen LogP contribution in [0.5, 0.6) is 0 Å². The first kappa shape index (κ1) is 18.3. The van der Waals surface area contributed by atoms with Crippen molar-refractivity contribution in [1.82, 2.24) is 9.80 Å². The molecule has 2 heterocycles. The van der Waals surface area contributed by atoms with Crippen LogP contribution in [0.2, 0.25) is 0 Å². The van der Waals surface area contributed by atoms with Crippen molar-refractivity contribution in [1.29, 1.82) is 0 Å². The summed E-state index contributed by atoms with van der Waals surface area (Å²) < 4.78 is 18.8. The van der Waals surface area contributed by atoms with Gasteiger partial charge in [-0.15, -0.1) is 0 Å². The zero-order valence-corrected chi connectivity index (χ0v) is 15.2. The smallest absolute Gasteiger partial charge is 0.227 e. The number of nitrogens with zero attached hydrogens (tertiary/aromatic N) is 2. The Kier molecular flexibility index (Phi) is 6.43. The number of ether oxygens (including phenoxy) is 1.